The summed E-state index contributed by atoms with van der Waals surface area (Å²) >= 11 is 5.37. The maximum atomic E-state index is 5.76. The maximum absolute atomic E-state index is 5.76. The van der Waals surface area contributed by atoms with Crippen molar-refractivity contribution >= 4 is 27.3 Å². The first-order valence-electron chi connectivity index (χ1n) is 7.23. The van der Waals surface area contributed by atoms with E-state index < -0.39 is 0 Å². The van der Waals surface area contributed by atoms with Crippen LogP contribution in [0.2, 0.25) is 0 Å². The normalized spacial score (nSPS) is 11.2. The molecule has 114 valence electrons. The van der Waals surface area contributed by atoms with Crippen molar-refractivity contribution in [1.82, 2.24) is 5.32 Å². The highest BCUT2D eigenvalue weighted by Gasteiger charge is 2.03. The van der Waals surface area contributed by atoms with Gasteiger partial charge in [-0.1, -0.05) is 48.0 Å². The first-order valence-corrected chi connectivity index (χ1v) is 8.90. The first-order chi connectivity index (χ1) is 10.1. The Bertz CT molecular complexity index is 540. The van der Waals surface area contributed by atoms with E-state index in [4.69, 9.17) is 4.74 Å². The van der Waals surface area contributed by atoms with Crippen LogP contribution in [0.5, 0.6) is 0 Å². The number of ether oxygens (including phenoxy) is 1. The van der Waals surface area contributed by atoms with Gasteiger partial charge in [0.2, 0.25) is 0 Å². The molecule has 0 radical (unpaired) electrons. The zero-order chi connectivity index (χ0) is 15.1. The third-order valence-corrected chi connectivity index (χ3v) is 4.67. The number of rotatable bonds is 8. The summed E-state index contributed by atoms with van der Waals surface area (Å²) in [7, 11) is 0. The van der Waals surface area contributed by atoms with E-state index in [1.807, 2.05) is 0 Å². The summed E-state index contributed by atoms with van der Waals surface area (Å²) in [6, 6.07) is 10.6. The van der Waals surface area contributed by atoms with Gasteiger partial charge in [0, 0.05) is 15.9 Å². The zero-order valence-electron chi connectivity index (χ0n) is 12.6. The summed E-state index contributed by atoms with van der Waals surface area (Å²) in [5, 5.41) is 5.54. The second-order valence-electron chi connectivity index (χ2n) is 5.52. The number of halogens is 1. The molecule has 0 fully saturated rings. The van der Waals surface area contributed by atoms with Crippen molar-refractivity contribution in [3.63, 3.8) is 0 Å². The molecule has 0 amide bonds. The smallest absolute Gasteiger partial charge is 0.0813 e. The number of benzene rings is 1. The van der Waals surface area contributed by atoms with E-state index in [1.54, 1.807) is 11.3 Å². The van der Waals surface area contributed by atoms with Crippen molar-refractivity contribution in [3.05, 3.63) is 56.2 Å². The third-order valence-electron chi connectivity index (χ3n) is 3.08. The van der Waals surface area contributed by atoms with Crippen LogP contribution in [0.1, 0.15) is 29.9 Å². The van der Waals surface area contributed by atoms with Gasteiger partial charge in [-0.05, 0) is 41.1 Å². The summed E-state index contributed by atoms with van der Waals surface area (Å²) in [5.41, 5.74) is 2.49. The molecule has 0 aliphatic rings. The largest absolute Gasteiger partial charge is 0.371 e. The third kappa shape index (κ3) is 5.91. The minimum Gasteiger partial charge on any atom is -0.371 e. The molecule has 0 aliphatic carbocycles. The quantitative estimate of drug-likeness (QED) is 0.710. The second kappa shape index (κ2) is 8.69. The van der Waals surface area contributed by atoms with Crippen LogP contribution in [0, 0.1) is 5.92 Å². The Labute approximate surface area is 139 Å². The van der Waals surface area contributed by atoms with Gasteiger partial charge in [0.25, 0.3) is 0 Å². The standard InChI is InChI=1S/C17H22BrNOS/c1-13(2)9-19-10-14-5-6-15(17(18)8-14)11-20-12-16-4-3-7-21-16/h3-8,13,19H,9-12H2,1-2H3. The summed E-state index contributed by atoms with van der Waals surface area (Å²) in [4.78, 5) is 1.26. The molecule has 0 spiro atoms. The van der Waals surface area contributed by atoms with Gasteiger partial charge in [-0.2, -0.15) is 0 Å². The highest BCUT2D eigenvalue weighted by molar-refractivity contribution is 9.10. The highest BCUT2D eigenvalue weighted by atomic mass is 79.9. The molecule has 1 aromatic heterocycles. The number of hydrogen-bond donors (Lipinski definition) is 1. The molecule has 21 heavy (non-hydrogen) atoms. The van der Waals surface area contributed by atoms with Crippen molar-refractivity contribution in [2.75, 3.05) is 6.54 Å². The van der Waals surface area contributed by atoms with Gasteiger partial charge in [0.15, 0.2) is 0 Å². The summed E-state index contributed by atoms with van der Waals surface area (Å²) in [6.07, 6.45) is 0. The van der Waals surface area contributed by atoms with Crippen LogP contribution in [-0.4, -0.2) is 6.54 Å². The van der Waals surface area contributed by atoms with E-state index in [1.165, 1.54) is 16.0 Å². The highest BCUT2D eigenvalue weighted by Crippen LogP contribution is 2.20. The fraction of sp³-hybridized carbons (Fsp3) is 0.412. The Hall–Kier alpha value is -0.680. The zero-order valence-corrected chi connectivity index (χ0v) is 15.0. The summed E-state index contributed by atoms with van der Waals surface area (Å²) in [6.45, 7) is 7.71. The molecule has 1 aromatic carbocycles. The fourth-order valence-electron chi connectivity index (χ4n) is 1.98. The Morgan fingerprint density at radius 2 is 2.10 bits per heavy atom. The Morgan fingerprint density at radius 3 is 2.76 bits per heavy atom. The maximum Gasteiger partial charge on any atom is 0.0813 e. The van der Waals surface area contributed by atoms with Crippen LogP contribution in [-0.2, 0) is 24.5 Å². The minimum absolute atomic E-state index is 0.637. The average Bonchev–Trinajstić information content (AvgIpc) is 2.94. The molecule has 1 heterocycles. The fourth-order valence-corrected chi connectivity index (χ4v) is 3.16. The molecular weight excluding hydrogens is 346 g/mol. The predicted molar refractivity (Wildman–Crippen MR) is 93.5 cm³/mol. The van der Waals surface area contributed by atoms with Crippen LogP contribution >= 0.6 is 27.3 Å². The summed E-state index contributed by atoms with van der Waals surface area (Å²) < 4.78 is 6.88. The van der Waals surface area contributed by atoms with Gasteiger partial charge < -0.3 is 10.1 Å². The van der Waals surface area contributed by atoms with E-state index in [9.17, 15) is 0 Å². The molecule has 0 saturated heterocycles. The Kier molecular flexibility index (Phi) is 6.90. The van der Waals surface area contributed by atoms with Gasteiger partial charge in [0.05, 0.1) is 13.2 Å². The van der Waals surface area contributed by atoms with Gasteiger partial charge >= 0.3 is 0 Å². The monoisotopic (exact) mass is 367 g/mol. The average molecular weight is 368 g/mol. The molecule has 2 nitrogen and oxygen atoms in total. The summed E-state index contributed by atoms with van der Waals surface area (Å²) in [5.74, 6) is 0.679. The lowest BCUT2D eigenvalue weighted by molar-refractivity contribution is 0.109. The van der Waals surface area contributed by atoms with Crippen LogP contribution in [0.4, 0.5) is 0 Å². The van der Waals surface area contributed by atoms with Crippen LogP contribution in [0.25, 0.3) is 0 Å². The first kappa shape index (κ1) is 16.7. The minimum atomic E-state index is 0.637. The predicted octanol–water partition coefficient (Wildman–Crippen LogP) is 4.97. The Balaban J connectivity index is 1.81. The molecule has 1 N–H and O–H groups in total. The van der Waals surface area contributed by atoms with Gasteiger partial charge in [0.1, 0.15) is 0 Å². The van der Waals surface area contributed by atoms with E-state index >= 15 is 0 Å². The van der Waals surface area contributed by atoms with Crippen LogP contribution in [0.15, 0.2) is 40.2 Å². The van der Waals surface area contributed by atoms with E-state index in [0.717, 1.165) is 17.6 Å². The second-order valence-corrected chi connectivity index (χ2v) is 7.41. The molecule has 0 atom stereocenters. The lowest BCUT2D eigenvalue weighted by atomic mass is 10.1. The van der Waals surface area contributed by atoms with Crippen molar-refractivity contribution in [3.8, 4) is 0 Å². The van der Waals surface area contributed by atoms with Crippen LogP contribution in [0.3, 0.4) is 0 Å². The lowest BCUT2D eigenvalue weighted by Crippen LogP contribution is -2.18. The molecule has 0 unspecified atom stereocenters. The molecule has 2 rings (SSSR count). The van der Waals surface area contributed by atoms with E-state index in [-0.39, 0.29) is 0 Å². The number of nitrogens with one attached hydrogen (secondary N) is 1. The van der Waals surface area contributed by atoms with E-state index in [2.05, 4.69) is 70.8 Å². The van der Waals surface area contributed by atoms with Crippen LogP contribution < -0.4 is 5.32 Å². The topological polar surface area (TPSA) is 21.3 Å². The van der Waals surface area contributed by atoms with Crippen molar-refractivity contribution in [1.29, 1.82) is 0 Å². The molecular formula is C17H22BrNOS. The lowest BCUT2D eigenvalue weighted by Gasteiger charge is -2.10. The van der Waals surface area contributed by atoms with Crippen molar-refractivity contribution in [2.24, 2.45) is 5.92 Å². The number of thiophene rings is 1. The molecule has 0 aliphatic heterocycles. The molecule has 0 saturated carbocycles. The molecule has 4 heteroatoms. The van der Waals surface area contributed by atoms with Gasteiger partial charge in [-0.3, -0.25) is 0 Å². The van der Waals surface area contributed by atoms with Crippen molar-refractivity contribution in [2.45, 2.75) is 33.6 Å². The Morgan fingerprint density at radius 1 is 1.24 bits per heavy atom. The van der Waals surface area contributed by atoms with Gasteiger partial charge in [-0.15, -0.1) is 11.3 Å². The molecule has 2 aromatic rings. The van der Waals surface area contributed by atoms with Gasteiger partial charge in [-0.25, -0.2) is 0 Å². The SMILES string of the molecule is CC(C)CNCc1ccc(COCc2cccs2)c(Br)c1. The number of hydrogen-bond acceptors (Lipinski definition) is 3. The molecule has 0 bridgehead atoms. The van der Waals surface area contributed by atoms with E-state index in [0.29, 0.717) is 19.1 Å². The van der Waals surface area contributed by atoms with Crippen molar-refractivity contribution < 1.29 is 4.74 Å².